The fraction of sp³-hybridized carbons (Fsp3) is 0.0400. The van der Waals surface area contributed by atoms with Crippen LogP contribution in [-0.2, 0) is 10.1 Å². The lowest BCUT2D eigenvalue weighted by Gasteiger charge is -2.45. The second-order valence-electron chi connectivity index (χ2n) is 7.58. The molecule has 34 heavy (non-hydrogen) atoms. The van der Waals surface area contributed by atoms with Gasteiger partial charge >= 0.3 is 15.6 Å². The molecule has 0 saturated carbocycles. The van der Waals surface area contributed by atoms with Crippen LogP contribution in [0.4, 0.5) is 13.2 Å². The SMILES string of the molecule is O=S(=O)(O)C(F)(F)F.Sc1ccccc1[B-](c1ccccc1)(c1ccccc1)c1ccccc1. The topological polar surface area (TPSA) is 54.4 Å². The second kappa shape index (κ2) is 10.5. The van der Waals surface area contributed by atoms with Gasteiger partial charge in [0.15, 0.2) is 0 Å². The van der Waals surface area contributed by atoms with Gasteiger partial charge in [0.1, 0.15) is 6.15 Å². The molecule has 4 aromatic rings. The number of rotatable bonds is 4. The molecule has 0 atom stereocenters. The zero-order valence-electron chi connectivity index (χ0n) is 17.8. The van der Waals surface area contributed by atoms with Gasteiger partial charge in [-0.2, -0.15) is 43.4 Å². The molecule has 0 saturated heterocycles. The van der Waals surface area contributed by atoms with Gasteiger partial charge in [0.2, 0.25) is 0 Å². The monoisotopic (exact) mass is 501 g/mol. The molecule has 0 amide bonds. The van der Waals surface area contributed by atoms with Gasteiger partial charge in [-0.3, -0.25) is 4.55 Å². The average Bonchev–Trinajstić information content (AvgIpc) is 2.82. The van der Waals surface area contributed by atoms with Crippen molar-refractivity contribution in [1.82, 2.24) is 0 Å². The third-order valence-corrected chi connectivity index (χ3v) is 6.59. The highest BCUT2D eigenvalue weighted by Crippen LogP contribution is 2.20. The number of benzene rings is 4. The van der Waals surface area contributed by atoms with Crippen molar-refractivity contribution in [2.75, 3.05) is 0 Å². The predicted octanol–water partition coefficient (Wildman–Crippen LogP) is 3.75. The fourth-order valence-corrected chi connectivity index (χ4v) is 4.55. The van der Waals surface area contributed by atoms with Crippen LogP contribution in [0.15, 0.2) is 120 Å². The van der Waals surface area contributed by atoms with E-state index in [1.54, 1.807) is 0 Å². The Kier molecular flexibility index (Phi) is 7.91. The largest absolute Gasteiger partial charge is 0.522 e. The Bertz CT molecular complexity index is 1220. The first-order valence-electron chi connectivity index (χ1n) is 10.2. The van der Waals surface area contributed by atoms with Gasteiger partial charge < -0.3 is 0 Å². The normalized spacial score (nSPS) is 11.9. The summed E-state index contributed by atoms with van der Waals surface area (Å²) >= 11 is 4.86. The third-order valence-electron chi connectivity index (χ3n) is 5.59. The van der Waals surface area contributed by atoms with Crippen molar-refractivity contribution in [3.05, 3.63) is 115 Å². The molecule has 0 aliphatic rings. The fourth-order valence-electron chi connectivity index (χ4n) is 4.19. The van der Waals surface area contributed by atoms with Gasteiger partial charge in [0.25, 0.3) is 0 Å². The van der Waals surface area contributed by atoms with E-state index >= 15 is 0 Å². The highest BCUT2D eigenvalue weighted by Gasteiger charge is 2.44. The van der Waals surface area contributed by atoms with Crippen LogP contribution in [-0.4, -0.2) is 24.6 Å². The Morgan fingerprint density at radius 2 is 0.912 bits per heavy atom. The Morgan fingerprint density at radius 3 is 1.21 bits per heavy atom. The van der Waals surface area contributed by atoms with Crippen molar-refractivity contribution in [3.63, 3.8) is 0 Å². The van der Waals surface area contributed by atoms with Gasteiger partial charge in [0.05, 0.1) is 0 Å². The van der Waals surface area contributed by atoms with Crippen molar-refractivity contribution in [2.24, 2.45) is 0 Å². The summed E-state index contributed by atoms with van der Waals surface area (Å²) in [6.45, 7) is 0. The summed E-state index contributed by atoms with van der Waals surface area (Å²) in [5.74, 6) is 0. The molecule has 0 aromatic heterocycles. The van der Waals surface area contributed by atoms with Crippen LogP contribution >= 0.6 is 12.6 Å². The van der Waals surface area contributed by atoms with Crippen LogP contribution in [0.5, 0.6) is 0 Å². The van der Waals surface area contributed by atoms with Crippen molar-refractivity contribution in [1.29, 1.82) is 0 Å². The molecule has 0 heterocycles. The summed E-state index contributed by atoms with van der Waals surface area (Å²) in [5, 5.41) is 0. The van der Waals surface area contributed by atoms with Gasteiger partial charge in [-0.25, -0.2) is 0 Å². The molecule has 0 aliphatic heterocycles. The molecule has 0 fully saturated rings. The maximum absolute atomic E-state index is 10.7. The molecule has 0 unspecified atom stereocenters. The predicted molar refractivity (Wildman–Crippen MR) is 135 cm³/mol. The molecular weight excluding hydrogens is 480 g/mol. The Labute approximate surface area is 202 Å². The van der Waals surface area contributed by atoms with E-state index in [0.717, 1.165) is 4.90 Å². The van der Waals surface area contributed by atoms with Crippen LogP contribution < -0.4 is 21.9 Å². The van der Waals surface area contributed by atoms with E-state index in [9.17, 15) is 13.2 Å². The number of hydrogen-bond acceptors (Lipinski definition) is 3. The third kappa shape index (κ3) is 5.38. The van der Waals surface area contributed by atoms with Gasteiger partial charge in [0, 0.05) is 0 Å². The lowest BCUT2D eigenvalue weighted by atomic mass is 9.13. The highest BCUT2D eigenvalue weighted by atomic mass is 32.2. The average molecular weight is 501 g/mol. The minimum atomic E-state index is -5.84. The van der Waals surface area contributed by atoms with Crippen molar-refractivity contribution in [2.45, 2.75) is 10.4 Å². The lowest BCUT2D eigenvalue weighted by Crippen LogP contribution is -2.75. The summed E-state index contributed by atoms with van der Waals surface area (Å²) in [4.78, 5) is 1.02. The van der Waals surface area contributed by atoms with Crippen LogP contribution in [0.25, 0.3) is 0 Å². The molecule has 0 bridgehead atoms. The summed E-state index contributed by atoms with van der Waals surface area (Å²) in [5.41, 5.74) is -0.392. The smallest absolute Gasteiger partial charge is 0.279 e. The minimum Gasteiger partial charge on any atom is -0.279 e. The molecule has 176 valence electrons. The summed E-state index contributed by atoms with van der Waals surface area (Å²) in [6, 6.07) is 40.9. The van der Waals surface area contributed by atoms with E-state index in [1.807, 2.05) is 6.07 Å². The van der Waals surface area contributed by atoms with Gasteiger partial charge in [-0.05, 0) is 4.90 Å². The molecule has 4 rings (SSSR count). The molecule has 3 nitrogen and oxygen atoms in total. The number of thiol groups is 1. The van der Waals surface area contributed by atoms with E-state index in [2.05, 4.69) is 109 Å². The molecule has 9 heteroatoms. The number of alkyl halides is 3. The molecule has 1 N–H and O–H groups in total. The van der Waals surface area contributed by atoms with Crippen molar-refractivity contribution in [3.8, 4) is 0 Å². The van der Waals surface area contributed by atoms with E-state index < -0.39 is 21.8 Å². The van der Waals surface area contributed by atoms with Crippen LogP contribution in [0, 0.1) is 0 Å². The van der Waals surface area contributed by atoms with Crippen LogP contribution in [0.1, 0.15) is 0 Å². The first-order valence-corrected chi connectivity index (χ1v) is 12.1. The van der Waals surface area contributed by atoms with E-state index in [0.29, 0.717) is 0 Å². The Balaban J connectivity index is 0.000000350. The van der Waals surface area contributed by atoms with Gasteiger partial charge in [-0.1, -0.05) is 115 Å². The maximum atomic E-state index is 10.7. The van der Waals surface area contributed by atoms with Crippen molar-refractivity contribution >= 4 is 50.7 Å². The maximum Gasteiger partial charge on any atom is 0.522 e. The first-order chi connectivity index (χ1) is 16.1. The second-order valence-corrected chi connectivity index (χ2v) is 9.47. The molecule has 0 aliphatic carbocycles. The molecule has 0 radical (unpaired) electrons. The minimum absolute atomic E-state index is 1.02. The van der Waals surface area contributed by atoms with Gasteiger partial charge in [-0.15, -0.1) is 12.6 Å². The van der Waals surface area contributed by atoms with E-state index in [1.165, 1.54) is 21.9 Å². The van der Waals surface area contributed by atoms with E-state index in [-0.39, 0.29) is 0 Å². The van der Waals surface area contributed by atoms with Crippen molar-refractivity contribution < 1.29 is 26.1 Å². The summed E-state index contributed by atoms with van der Waals surface area (Å²) in [7, 11) is -5.84. The Morgan fingerprint density at radius 1 is 0.618 bits per heavy atom. The number of halogens is 3. The lowest BCUT2D eigenvalue weighted by molar-refractivity contribution is -0.0510. The van der Waals surface area contributed by atoms with Crippen LogP contribution in [0.2, 0.25) is 0 Å². The van der Waals surface area contributed by atoms with Crippen LogP contribution in [0.3, 0.4) is 0 Å². The van der Waals surface area contributed by atoms with E-state index in [4.69, 9.17) is 25.6 Å². The zero-order chi connectivity index (χ0) is 24.8. The zero-order valence-corrected chi connectivity index (χ0v) is 19.5. The first kappa shape index (κ1) is 25.6. The Hall–Kier alpha value is -3.01. The molecule has 4 aromatic carbocycles. The molecular formula is C25H21BF3O3S2-. The highest BCUT2D eigenvalue weighted by molar-refractivity contribution is 7.86. The summed E-state index contributed by atoms with van der Waals surface area (Å²) in [6.07, 6.45) is -1.32. The standard InChI is InChI=1S/C24H20BS.CHF3O3S/c26-24-19-11-10-18-23(24)25(20-12-4-1-5-13-20,21-14-6-2-7-15-21)22-16-8-3-9-17-22;2-1(3,4)8(5,6)7/h1-19,26H;(H,5,6,7)/q-1;. The quantitative estimate of drug-likeness (QED) is 0.194. The summed E-state index contributed by atoms with van der Waals surface area (Å²) < 4.78 is 57.5. The number of hydrogen-bond donors (Lipinski definition) is 2. The molecule has 0 spiro atoms.